The van der Waals surface area contributed by atoms with Crippen LogP contribution in [0.5, 0.6) is 0 Å². The van der Waals surface area contributed by atoms with Gasteiger partial charge in [-0.05, 0) is 31.2 Å². The molecule has 0 atom stereocenters. The number of thiazole rings is 1. The molecule has 0 radical (unpaired) electrons. The lowest BCUT2D eigenvalue weighted by Crippen LogP contribution is -2.48. The number of benzene rings is 1. The lowest BCUT2D eigenvalue weighted by Gasteiger charge is -2.34. The molecule has 35 heavy (non-hydrogen) atoms. The van der Waals surface area contributed by atoms with Gasteiger partial charge in [0.25, 0.3) is 11.8 Å². The van der Waals surface area contributed by atoms with Crippen molar-refractivity contribution < 1.29 is 22.7 Å². The number of nitrogens with zero attached hydrogens (tertiary/aromatic N) is 5. The van der Waals surface area contributed by atoms with Gasteiger partial charge >= 0.3 is 0 Å². The summed E-state index contributed by atoms with van der Waals surface area (Å²) >= 11 is 1.42. The van der Waals surface area contributed by atoms with E-state index in [1.54, 1.807) is 36.0 Å². The van der Waals surface area contributed by atoms with E-state index < -0.39 is 10.0 Å². The minimum atomic E-state index is -3.59. The summed E-state index contributed by atoms with van der Waals surface area (Å²) in [5.74, 6) is -0.144. The van der Waals surface area contributed by atoms with E-state index in [2.05, 4.69) is 9.88 Å². The van der Waals surface area contributed by atoms with Crippen LogP contribution in [0.4, 0.5) is 0 Å². The largest absolute Gasteiger partial charge is 0.379 e. The van der Waals surface area contributed by atoms with Crippen LogP contribution in [0.15, 0.2) is 29.2 Å². The van der Waals surface area contributed by atoms with E-state index in [4.69, 9.17) is 4.74 Å². The monoisotopic (exact) mass is 521 g/mol. The summed E-state index contributed by atoms with van der Waals surface area (Å²) in [6, 6.07) is 6.19. The van der Waals surface area contributed by atoms with E-state index in [9.17, 15) is 18.0 Å². The molecule has 2 fully saturated rings. The summed E-state index contributed by atoms with van der Waals surface area (Å²) in [6.45, 7) is 6.48. The molecule has 0 spiro atoms. The molecule has 2 amide bonds. The minimum absolute atomic E-state index is 0.0366. The topological polar surface area (TPSA) is 103 Å². The maximum Gasteiger partial charge on any atom is 0.265 e. The van der Waals surface area contributed by atoms with Crippen LogP contribution in [-0.4, -0.2) is 111 Å². The highest BCUT2D eigenvalue weighted by Gasteiger charge is 2.28. The molecule has 10 nitrogen and oxygen atoms in total. The normalized spacial score (nSPS) is 18.0. The van der Waals surface area contributed by atoms with Crippen LogP contribution in [0.1, 0.15) is 30.7 Å². The Hall–Kier alpha value is -2.38. The van der Waals surface area contributed by atoms with Crippen LogP contribution in [0.3, 0.4) is 0 Å². The number of carbonyl (C=O) groups excluding carboxylic acids is 2. The number of sulfonamides is 1. The molecule has 190 valence electrons. The van der Waals surface area contributed by atoms with E-state index in [0.29, 0.717) is 69.5 Å². The van der Waals surface area contributed by atoms with Crippen molar-refractivity contribution in [2.45, 2.75) is 18.4 Å². The van der Waals surface area contributed by atoms with Gasteiger partial charge in [-0.3, -0.25) is 14.5 Å². The van der Waals surface area contributed by atoms with Gasteiger partial charge in [-0.25, -0.2) is 13.4 Å². The van der Waals surface area contributed by atoms with Gasteiger partial charge in [-0.15, -0.1) is 11.3 Å². The molecule has 0 aliphatic carbocycles. The first-order chi connectivity index (χ1) is 16.7. The molecule has 0 unspecified atom stereocenters. The summed E-state index contributed by atoms with van der Waals surface area (Å²) in [7, 11) is -0.125. The Kier molecular flexibility index (Phi) is 7.86. The molecule has 2 aliphatic heterocycles. The van der Waals surface area contributed by atoms with E-state index in [0.717, 1.165) is 10.7 Å². The SMILES string of the molecule is Cc1nc(CN2CCN(C(=O)c3ccc(S(=O)(=O)N4CCOCC4)cc3)CC2)sc1C(=O)N(C)C. The number of piperazine rings is 1. The molecule has 0 N–H and O–H groups in total. The molecule has 3 heterocycles. The van der Waals surface area contributed by atoms with E-state index in [-0.39, 0.29) is 16.7 Å². The second kappa shape index (κ2) is 10.7. The fraction of sp³-hybridized carbons (Fsp3) is 0.522. The Bertz CT molecular complexity index is 1170. The van der Waals surface area contributed by atoms with Gasteiger partial charge < -0.3 is 14.5 Å². The van der Waals surface area contributed by atoms with Gasteiger partial charge in [0.2, 0.25) is 10.0 Å². The lowest BCUT2D eigenvalue weighted by atomic mass is 10.2. The fourth-order valence-electron chi connectivity index (χ4n) is 4.11. The number of aryl methyl sites for hydroxylation is 1. The van der Waals surface area contributed by atoms with Crippen LogP contribution < -0.4 is 0 Å². The van der Waals surface area contributed by atoms with Gasteiger partial charge in [0.15, 0.2) is 0 Å². The highest BCUT2D eigenvalue weighted by molar-refractivity contribution is 7.89. The third kappa shape index (κ3) is 5.72. The van der Waals surface area contributed by atoms with Crippen molar-refractivity contribution in [1.82, 2.24) is 24.0 Å². The third-order valence-corrected chi connectivity index (χ3v) is 9.21. The molecule has 2 aliphatic rings. The second-order valence-electron chi connectivity index (χ2n) is 8.83. The quantitative estimate of drug-likeness (QED) is 0.561. The van der Waals surface area contributed by atoms with E-state index in [1.807, 2.05) is 6.92 Å². The fourth-order valence-corrected chi connectivity index (χ4v) is 6.65. The first-order valence-corrected chi connectivity index (χ1v) is 13.8. The summed E-state index contributed by atoms with van der Waals surface area (Å²) < 4.78 is 32.2. The van der Waals surface area contributed by atoms with Crippen LogP contribution in [0, 0.1) is 6.92 Å². The Labute approximate surface area is 210 Å². The first-order valence-electron chi connectivity index (χ1n) is 11.5. The zero-order valence-corrected chi connectivity index (χ0v) is 21.9. The average Bonchev–Trinajstić information content (AvgIpc) is 3.23. The smallest absolute Gasteiger partial charge is 0.265 e. The third-order valence-electron chi connectivity index (χ3n) is 6.17. The van der Waals surface area contributed by atoms with Crippen molar-refractivity contribution in [3.05, 3.63) is 45.4 Å². The molecule has 12 heteroatoms. The van der Waals surface area contributed by atoms with Crippen molar-refractivity contribution in [3.8, 4) is 0 Å². The molecular weight excluding hydrogens is 490 g/mol. The summed E-state index contributed by atoms with van der Waals surface area (Å²) in [5, 5.41) is 0.893. The molecule has 0 bridgehead atoms. The molecule has 0 saturated carbocycles. The second-order valence-corrected chi connectivity index (χ2v) is 11.9. The zero-order valence-electron chi connectivity index (χ0n) is 20.3. The number of ether oxygens (including phenoxy) is 1. The molecule has 4 rings (SSSR count). The summed E-state index contributed by atoms with van der Waals surface area (Å²) in [5.41, 5.74) is 1.22. The molecule has 1 aromatic carbocycles. The predicted molar refractivity (Wildman–Crippen MR) is 132 cm³/mol. The van der Waals surface area contributed by atoms with Gasteiger partial charge in [0.1, 0.15) is 9.88 Å². The number of hydrogen-bond acceptors (Lipinski definition) is 8. The predicted octanol–water partition coefficient (Wildman–Crippen LogP) is 1.13. The minimum Gasteiger partial charge on any atom is -0.379 e. The van der Waals surface area contributed by atoms with Crippen LogP contribution in [-0.2, 0) is 21.3 Å². The zero-order chi connectivity index (χ0) is 25.2. The Morgan fingerprint density at radius 3 is 2.26 bits per heavy atom. The summed E-state index contributed by atoms with van der Waals surface area (Å²) in [4.78, 5) is 36.3. The Morgan fingerprint density at radius 2 is 1.66 bits per heavy atom. The highest BCUT2D eigenvalue weighted by atomic mass is 32.2. The number of carbonyl (C=O) groups is 2. The number of hydrogen-bond donors (Lipinski definition) is 0. The number of rotatable bonds is 6. The standard InChI is InChI=1S/C23H31N5O5S2/c1-17-21(23(30)25(2)3)34-20(24-17)16-26-8-10-27(11-9-26)22(29)18-4-6-19(7-5-18)35(31,32)28-12-14-33-15-13-28/h4-7H,8-16H2,1-3H3. The molecule has 1 aromatic heterocycles. The van der Waals surface area contributed by atoms with Gasteiger partial charge in [-0.2, -0.15) is 4.31 Å². The van der Waals surface area contributed by atoms with Crippen molar-refractivity contribution >= 4 is 33.2 Å². The Morgan fingerprint density at radius 1 is 1.03 bits per heavy atom. The summed E-state index contributed by atoms with van der Waals surface area (Å²) in [6.07, 6.45) is 0. The number of amides is 2. The number of morpholine rings is 1. The Balaban J connectivity index is 1.33. The van der Waals surface area contributed by atoms with E-state index >= 15 is 0 Å². The van der Waals surface area contributed by atoms with E-state index in [1.165, 1.54) is 27.8 Å². The lowest BCUT2D eigenvalue weighted by molar-refractivity contribution is 0.0628. The van der Waals surface area contributed by atoms with Crippen molar-refractivity contribution in [3.63, 3.8) is 0 Å². The number of aromatic nitrogens is 1. The van der Waals surface area contributed by atoms with Crippen molar-refractivity contribution in [2.24, 2.45) is 0 Å². The van der Waals surface area contributed by atoms with Crippen molar-refractivity contribution in [2.75, 3.05) is 66.6 Å². The first kappa shape index (κ1) is 25.7. The van der Waals surface area contributed by atoms with Gasteiger partial charge in [-0.1, -0.05) is 0 Å². The van der Waals surface area contributed by atoms with Gasteiger partial charge in [0.05, 0.1) is 30.3 Å². The highest BCUT2D eigenvalue weighted by Crippen LogP contribution is 2.22. The van der Waals surface area contributed by atoms with Crippen LogP contribution in [0.25, 0.3) is 0 Å². The van der Waals surface area contributed by atoms with Gasteiger partial charge in [0, 0.05) is 58.9 Å². The van der Waals surface area contributed by atoms with Crippen LogP contribution in [0.2, 0.25) is 0 Å². The molecular formula is C23H31N5O5S2. The molecule has 2 saturated heterocycles. The average molecular weight is 522 g/mol. The maximum absolute atomic E-state index is 13.0. The van der Waals surface area contributed by atoms with Crippen LogP contribution >= 0.6 is 11.3 Å². The molecule has 2 aromatic rings. The van der Waals surface area contributed by atoms with Crippen molar-refractivity contribution in [1.29, 1.82) is 0 Å². The maximum atomic E-state index is 13.0.